The van der Waals surface area contributed by atoms with Crippen molar-refractivity contribution >= 4 is 25.8 Å². The summed E-state index contributed by atoms with van der Waals surface area (Å²) in [6, 6.07) is 8.26. The molecule has 0 aliphatic carbocycles. The SMILES string of the molecule is CC(NC1CCCS(=O)(=O)C1)c1ccccc1Br. The zero-order valence-electron chi connectivity index (χ0n) is 10.4. The molecule has 0 saturated carbocycles. The van der Waals surface area contributed by atoms with Crippen molar-refractivity contribution in [2.24, 2.45) is 0 Å². The minimum atomic E-state index is -2.84. The lowest BCUT2D eigenvalue weighted by Gasteiger charge is -2.27. The van der Waals surface area contributed by atoms with Crippen molar-refractivity contribution in [2.75, 3.05) is 11.5 Å². The Bertz CT molecular complexity index is 515. The van der Waals surface area contributed by atoms with Crippen LogP contribution in [0.5, 0.6) is 0 Å². The van der Waals surface area contributed by atoms with Crippen LogP contribution in [0.15, 0.2) is 28.7 Å². The second kappa shape index (κ2) is 5.72. The van der Waals surface area contributed by atoms with Crippen molar-refractivity contribution in [3.05, 3.63) is 34.3 Å². The Balaban J connectivity index is 2.04. The number of halogens is 1. The molecule has 1 aromatic carbocycles. The first-order valence-corrected chi connectivity index (χ1v) is 8.80. The van der Waals surface area contributed by atoms with Crippen molar-refractivity contribution in [3.63, 3.8) is 0 Å². The first kappa shape index (κ1) is 14.0. The quantitative estimate of drug-likeness (QED) is 0.926. The summed E-state index contributed by atoms with van der Waals surface area (Å²) in [6.45, 7) is 2.07. The number of nitrogens with one attached hydrogen (secondary N) is 1. The van der Waals surface area contributed by atoms with E-state index in [0.717, 1.165) is 17.3 Å². The Morgan fingerprint density at radius 1 is 1.39 bits per heavy atom. The molecule has 1 aliphatic heterocycles. The van der Waals surface area contributed by atoms with E-state index in [0.29, 0.717) is 5.75 Å². The van der Waals surface area contributed by atoms with E-state index in [1.807, 2.05) is 18.2 Å². The third-order valence-electron chi connectivity index (χ3n) is 3.32. The van der Waals surface area contributed by atoms with Crippen LogP contribution in [0, 0.1) is 0 Å². The Kier molecular flexibility index (Phi) is 4.45. The molecule has 2 rings (SSSR count). The lowest BCUT2D eigenvalue weighted by atomic mass is 10.1. The minimum Gasteiger partial charge on any atom is -0.306 e. The minimum absolute atomic E-state index is 0.0749. The van der Waals surface area contributed by atoms with Gasteiger partial charge in [-0.2, -0.15) is 0 Å². The van der Waals surface area contributed by atoms with Crippen molar-refractivity contribution in [1.82, 2.24) is 5.32 Å². The molecule has 5 heteroatoms. The van der Waals surface area contributed by atoms with E-state index in [1.165, 1.54) is 5.56 Å². The van der Waals surface area contributed by atoms with Crippen LogP contribution in [0.2, 0.25) is 0 Å². The van der Waals surface area contributed by atoms with Crippen molar-refractivity contribution < 1.29 is 8.42 Å². The summed E-state index contributed by atoms with van der Waals surface area (Å²) in [4.78, 5) is 0. The molecule has 18 heavy (non-hydrogen) atoms. The van der Waals surface area contributed by atoms with Gasteiger partial charge in [-0.05, 0) is 31.4 Å². The topological polar surface area (TPSA) is 46.2 Å². The predicted octanol–water partition coefficient (Wildman–Crippen LogP) is 2.68. The van der Waals surface area contributed by atoms with Gasteiger partial charge in [-0.25, -0.2) is 8.42 Å². The maximum atomic E-state index is 11.6. The second-order valence-corrected chi connectivity index (χ2v) is 7.95. The Hall–Kier alpha value is -0.390. The van der Waals surface area contributed by atoms with Gasteiger partial charge in [0.05, 0.1) is 11.5 Å². The maximum absolute atomic E-state index is 11.6. The van der Waals surface area contributed by atoms with E-state index in [4.69, 9.17) is 0 Å². The summed E-state index contributed by atoms with van der Waals surface area (Å²) in [5.74, 6) is 0.608. The van der Waals surface area contributed by atoms with Crippen LogP contribution in [-0.4, -0.2) is 26.0 Å². The van der Waals surface area contributed by atoms with Gasteiger partial charge in [-0.1, -0.05) is 34.1 Å². The van der Waals surface area contributed by atoms with Gasteiger partial charge in [-0.15, -0.1) is 0 Å². The fourth-order valence-corrected chi connectivity index (χ4v) is 4.70. The van der Waals surface area contributed by atoms with E-state index in [2.05, 4.69) is 34.2 Å². The molecule has 1 fully saturated rings. The third-order valence-corrected chi connectivity index (χ3v) is 5.86. The van der Waals surface area contributed by atoms with Crippen molar-refractivity contribution in [2.45, 2.75) is 31.8 Å². The van der Waals surface area contributed by atoms with Gasteiger partial charge in [0.1, 0.15) is 0 Å². The fraction of sp³-hybridized carbons (Fsp3) is 0.538. The molecule has 0 radical (unpaired) electrons. The Morgan fingerprint density at radius 2 is 2.11 bits per heavy atom. The Morgan fingerprint density at radius 3 is 2.78 bits per heavy atom. The summed E-state index contributed by atoms with van der Waals surface area (Å²) < 4.78 is 24.3. The number of hydrogen-bond acceptors (Lipinski definition) is 3. The maximum Gasteiger partial charge on any atom is 0.151 e. The predicted molar refractivity (Wildman–Crippen MR) is 77.4 cm³/mol. The van der Waals surface area contributed by atoms with Crippen LogP contribution in [0.1, 0.15) is 31.4 Å². The number of sulfone groups is 1. The molecule has 1 aliphatic rings. The van der Waals surface area contributed by atoms with E-state index < -0.39 is 9.84 Å². The van der Waals surface area contributed by atoms with Crippen LogP contribution in [-0.2, 0) is 9.84 Å². The summed E-state index contributed by atoms with van der Waals surface area (Å²) in [7, 11) is -2.84. The van der Waals surface area contributed by atoms with Crippen molar-refractivity contribution in [3.8, 4) is 0 Å². The lowest BCUT2D eigenvalue weighted by Crippen LogP contribution is -2.41. The van der Waals surface area contributed by atoms with Crippen LogP contribution in [0.3, 0.4) is 0 Å². The van der Waals surface area contributed by atoms with Gasteiger partial charge in [-0.3, -0.25) is 0 Å². The standard InChI is InChI=1S/C13H18BrNO2S/c1-10(12-6-2-3-7-13(12)14)15-11-5-4-8-18(16,17)9-11/h2-3,6-7,10-11,15H,4-5,8-9H2,1H3. The van der Waals surface area contributed by atoms with Gasteiger partial charge in [0, 0.05) is 16.6 Å². The van der Waals surface area contributed by atoms with Gasteiger partial charge >= 0.3 is 0 Å². The summed E-state index contributed by atoms with van der Waals surface area (Å²) >= 11 is 3.53. The molecule has 2 atom stereocenters. The first-order chi connectivity index (χ1) is 8.48. The second-order valence-electron chi connectivity index (χ2n) is 4.86. The van der Waals surface area contributed by atoms with Crippen LogP contribution in [0.4, 0.5) is 0 Å². The highest BCUT2D eigenvalue weighted by Crippen LogP contribution is 2.24. The molecule has 1 aromatic rings. The smallest absolute Gasteiger partial charge is 0.151 e. The molecular weight excluding hydrogens is 314 g/mol. The number of rotatable bonds is 3. The average Bonchev–Trinajstić information content (AvgIpc) is 2.28. The van der Waals surface area contributed by atoms with Crippen LogP contribution in [0.25, 0.3) is 0 Å². The zero-order valence-corrected chi connectivity index (χ0v) is 12.8. The fourth-order valence-electron chi connectivity index (χ4n) is 2.42. The molecule has 0 aromatic heterocycles. The molecular formula is C13H18BrNO2S. The third kappa shape index (κ3) is 3.56. The van der Waals surface area contributed by atoms with E-state index in [-0.39, 0.29) is 17.8 Å². The average molecular weight is 332 g/mol. The van der Waals surface area contributed by atoms with E-state index in [1.54, 1.807) is 0 Å². The number of hydrogen-bond donors (Lipinski definition) is 1. The summed E-state index contributed by atoms with van der Waals surface area (Å²) in [6.07, 6.45) is 1.71. The van der Waals surface area contributed by atoms with Crippen LogP contribution < -0.4 is 5.32 Å². The van der Waals surface area contributed by atoms with Crippen molar-refractivity contribution in [1.29, 1.82) is 0 Å². The van der Waals surface area contributed by atoms with Crippen LogP contribution >= 0.6 is 15.9 Å². The molecule has 100 valence electrons. The zero-order chi connectivity index (χ0) is 13.2. The largest absolute Gasteiger partial charge is 0.306 e. The lowest BCUT2D eigenvalue weighted by molar-refractivity contribution is 0.437. The molecule has 0 amide bonds. The van der Waals surface area contributed by atoms with E-state index >= 15 is 0 Å². The summed E-state index contributed by atoms with van der Waals surface area (Å²) in [5.41, 5.74) is 1.17. The first-order valence-electron chi connectivity index (χ1n) is 6.19. The van der Waals surface area contributed by atoms with E-state index in [9.17, 15) is 8.42 Å². The Labute approximate surface area is 117 Å². The molecule has 3 nitrogen and oxygen atoms in total. The molecule has 0 bridgehead atoms. The molecule has 1 N–H and O–H groups in total. The molecule has 0 spiro atoms. The summed E-state index contributed by atoms with van der Waals surface area (Å²) in [5, 5.41) is 3.42. The normalized spacial score (nSPS) is 24.7. The van der Waals surface area contributed by atoms with Gasteiger partial charge < -0.3 is 5.32 Å². The number of benzene rings is 1. The highest BCUT2D eigenvalue weighted by Gasteiger charge is 2.26. The monoisotopic (exact) mass is 331 g/mol. The van der Waals surface area contributed by atoms with Gasteiger partial charge in [0.25, 0.3) is 0 Å². The van der Waals surface area contributed by atoms with Gasteiger partial charge in [0.2, 0.25) is 0 Å². The molecule has 1 heterocycles. The highest BCUT2D eigenvalue weighted by atomic mass is 79.9. The highest BCUT2D eigenvalue weighted by molar-refractivity contribution is 9.10. The van der Waals surface area contributed by atoms with Gasteiger partial charge in [0.15, 0.2) is 9.84 Å². The molecule has 1 saturated heterocycles. The molecule has 2 unspecified atom stereocenters.